The molecule has 4 N–H and O–H groups in total. The molecule has 0 aliphatic carbocycles. The van der Waals surface area contributed by atoms with E-state index in [2.05, 4.69) is 0 Å². The van der Waals surface area contributed by atoms with Crippen LogP contribution in [-0.2, 0) is 28.5 Å². The average molecular weight is 558 g/mol. The van der Waals surface area contributed by atoms with Crippen LogP contribution in [0.2, 0.25) is 0 Å². The van der Waals surface area contributed by atoms with Gasteiger partial charge in [0.1, 0.15) is 24.6 Å². The van der Waals surface area contributed by atoms with Crippen LogP contribution in [-0.4, -0.2) is 120 Å². The summed E-state index contributed by atoms with van der Waals surface area (Å²) in [6, 6.07) is -0.694. The molecule has 11 nitrogen and oxygen atoms in total. The summed E-state index contributed by atoms with van der Waals surface area (Å²) in [5, 5.41) is 43.0. The minimum Gasteiger partial charge on any atom is -0.462 e. The zero-order chi connectivity index (χ0) is 29.3. The summed E-state index contributed by atoms with van der Waals surface area (Å²) >= 11 is 0. The number of aliphatic hydroxyl groups excluding tert-OH is 4. The Hall–Kier alpha value is -1.70. The first-order valence-corrected chi connectivity index (χ1v) is 13.6. The van der Waals surface area contributed by atoms with Crippen molar-refractivity contribution in [2.75, 3.05) is 21.2 Å². The molecule has 11 heteroatoms. The summed E-state index contributed by atoms with van der Waals surface area (Å²) in [6.45, 7) is 5.28. The van der Waals surface area contributed by atoms with Crippen LogP contribution in [0.1, 0.15) is 46.5 Å². The third-order valence-electron chi connectivity index (χ3n) is 7.38. The fourth-order valence-electron chi connectivity index (χ4n) is 5.38. The highest BCUT2D eigenvalue weighted by atomic mass is 16.7. The van der Waals surface area contributed by atoms with E-state index in [0.717, 1.165) is 6.29 Å². The second kappa shape index (κ2) is 15.9. The Morgan fingerprint density at radius 2 is 1.69 bits per heavy atom. The minimum absolute atomic E-state index is 0.0400. The molecule has 0 radical (unpaired) electrons. The monoisotopic (exact) mass is 557 g/mol. The lowest BCUT2D eigenvalue weighted by Crippen LogP contribution is -2.63. The number of hydrogen-bond donors (Lipinski definition) is 4. The summed E-state index contributed by atoms with van der Waals surface area (Å²) in [6.07, 6.45) is -0.852. The lowest BCUT2D eigenvalue weighted by molar-refractivity contribution is -0.309. The van der Waals surface area contributed by atoms with E-state index < -0.39 is 79.5 Å². The molecule has 1 fully saturated rings. The summed E-state index contributed by atoms with van der Waals surface area (Å²) in [4.78, 5) is 26.1. The number of esters is 1. The summed E-state index contributed by atoms with van der Waals surface area (Å²) < 4.78 is 23.2. The number of nitrogens with zero attached hydrogens (tertiary/aromatic N) is 1. The zero-order valence-corrected chi connectivity index (χ0v) is 23.8. The topological polar surface area (TPSA) is 155 Å². The smallest absolute Gasteiger partial charge is 0.308 e. The van der Waals surface area contributed by atoms with Gasteiger partial charge in [0.15, 0.2) is 6.29 Å². The second-order valence-electron chi connectivity index (χ2n) is 11.0. The van der Waals surface area contributed by atoms with E-state index in [1.54, 1.807) is 51.1 Å². The highest BCUT2D eigenvalue weighted by molar-refractivity contribution is 5.70. The molecule has 0 aromatic carbocycles. The van der Waals surface area contributed by atoms with E-state index in [9.17, 15) is 30.0 Å². The van der Waals surface area contributed by atoms with Crippen molar-refractivity contribution >= 4 is 12.3 Å². The van der Waals surface area contributed by atoms with Gasteiger partial charge in [0.2, 0.25) is 0 Å². The van der Waals surface area contributed by atoms with Gasteiger partial charge in [-0.1, -0.05) is 31.2 Å². The maximum absolute atomic E-state index is 12.6. The van der Waals surface area contributed by atoms with Gasteiger partial charge in [-0.3, -0.25) is 4.79 Å². The molecule has 39 heavy (non-hydrogen) atoms. The van der Waals surface area contributed by atoms with Gasteiger partial charge in [0.05, 0.1) is 43.0 Å². The van der Waals surface area contributed by atoms with Crippen LogP contribution in [0, 0.1) is 11.8 Å². The highest BCUT2D eigenvalue weighted by Gasteiger charge is 2.47. The number of aldehydes is 1. The predicted octanol–water partition coefficient (Wildman–Crippen LogP) is 0.575. The van der Waals surface area contributed by atoms with Crippen molar-refractivity contribution in [3.8, 4) is 0 Å². The van der Waals surface area contributed by atoms with Gasteiger partial charge in [-0.15, -0.1) is 0 Å². The Kier molecular flexibility index (Phi) is 13.7. The summed E-state index contributed by atoms with van der Waals surface area (Å²) in [7, 11) is 4.82. The minimum atomic E-state index is -1.37. The fourth-order valence-corrected chi connectivity index (χ4v) is 5.38. The predicted molar refractivity (Wildman–Crippen MR) is 143 cm³/mol. The quantitative estimate of drug-likeness (QED) is 0.268. The van der Waals surface area contributed by atoms with Gasteiger partial charge in [0.25, 0.3) is 0 Å². The molecule has 2 aliphatic heterocycles. The molecule has 2 aliphatic rings. The van der Waals surface area contributed by atoms with Crippen LogP contribution in [0.4, 0.5) is 0 Å². The van der Waals surface area contributed by atoms with Crippen molar-refractivity contribution in [3.05, 3.63) is 24.3 Å². The van der Waals surface area contributed by atoms with E-state index >= 15 is 0 Å². The van der Waals surface area contributed by atoms with E-state index in [-0.39, 0.29) is 18.8 Å². The standard InChI is InChI=1S/C28H47NO10/c1-16-9-7-8-10-20(31)14-17(2)37-22(33)15-21(32)27(36-6)26(19(13-16)11-12-30)39-28-25(35)23(29(4)5)24(34)18(3)38-28/h7-10,12,16-21,23-28,31-32,34-35H,11,13-15H2,1-6H3/b9-7-,10-8+/t16-,17+,18+,19-,20-,21+,23-,24+,25+,26?,27-,28-/m0/s1. The molecule has 1 unspecified atom stereocenters. The zero-order valence-electron chi connectivity index (χ0n) is 23.8. The average Bonchev–Trinajstić information content (AvgIpc) is 2.83. The lowest BCUT2D eigenvalue weighted by Gasteiger charge is -2.46. The van der Waals surface area contributed by atoms with Crippen LogP contribution in [0.3, 0.4) is 0 Å². The van der Waals surface area contributed by atoms with E-state index in [4.69, 9.17) is 18.9 Å². The summed E-state index contributed by atoms with van der Waals surface area (Å²) in [5.41, 5.74) is 0. The number of methoxy groups -OCH3 is 1. The molecular weight excluding hydrogens is 510 g/mol. The van der Waals surface area contributed by atoms with Gasteiger partial charge >= 0.3 is 5.97 Å². The maximum Gasteiger partial charge on any atom is 0.308 e. The molecular formula is C28H47NO10. The highest BCUT2D eigenvalue weighted by Crippen LogP contribution is 2.32. The van der Waals surface area contributed by atoms with Gasteiger partial charge < -0.3 is 49.1 Å². The normalized spacial score (nSPS) is 43.0. The molecule has 0 aromatic rings. The Morgan fingerprint density at radius 3 is 2.31 bits per heavy atom. The van der Waals surface area contributed by atoms with Crippen molar-refractivity contribution in [2.45, 2.75) is 108 Å². The Bertz CT molecular complexity index is 820. The van der Waals surface area contributed by atoms with E-state index in [1.807, 2.05) is 13.0 Å². The molecule has 0 amide bonds. The number of carbonyl (C=O) groups is 2. The molecule has 2 heterocycles. The SMILES string of the molecule is CO[C@@H]1C(O[C@@H]2O[C@H](C)[C@@H](O)[C@H](N(C)C)[C@H]2O)[C@@H](CC=O)C[C@@H](C)/C=C\C=C\[C@H](O)C[C@@H](C)OC(=O)C[C@H]1O. The number of rotatable bonds is 6. The molecule has 2 rings (SSSR count). The van der Waals surface area contributed by atoms with Crippen molar-refractivity contribution in [2.24, 2.45) is 11.8 Å². The molecule has 0 aromatic heterocycles. The number of ether oxygens (including phenoxy) is 4. The Labute approximate surface area is 231 Å². The molecule has 0 saturated carbocycles. The third-order valence-corrected chi connectivity index (χ3v) is 7.38. The van der Waals surface area contributed by atoms with Crippen molar-refractivity contribution < 1.29 is 49.0 Å². The van der Waals surface area contributed by atoms with Crippen LogP contribution < -0.4 is 0 Å². The summed E-state index contributed by atoms with van der Waals surface area (Å²) in [5.74, 6) is -1.21. The van der Waals surface area contributed by atoms with E-state index in [1.165, 1.54) is 7.11 Å². The maximum atomic E-state index is 12.6. The Morgan fingerprint density at radius 1 is 1.03 bits per heavy atom. The molecule has 224 valence electrons. The number of carbonyl (C=O) groups excluding carboxylic acids is 2. The van der Waals surface area contributed by atoms with Crippen molar-refractivity contribution in [1.29, 1.82) is 0 Å². The van der Waals surface area contributed by atoms with Crippen molar-refractivity contribution in [1.82, 2.24) is 4.90 Å². The molecule has 0 spiro atoms. The number of allylic oxidation sites excluding steroid dienone is 3. The van der Waals surface area contributed by atoms with Crippen LogP contribution in [0.15, 0.2) is 24.3 Å². The number of hydrogen-bond acceptors (Lipinski definition) is 11. The second-order valence-corrected chi connectivity index (χ2v) is 11.0. The van der Waals surface area contributed by atoms with Crippen LogP contribution >= 0.6 is 0 Å². The molecule has 0 bridgehead atoms. The third kappa shape index (κ3) is 9.72. The lowest BCUT2D eigenvalue weighted by atomic mass is 9.84. The van der Waals surface area contributed by atoms with Crippen molar-refractivity contribution in [3.63, 3.8) is 0 Å². The first-order valence-electron chi connectivity index (χ1n) is 13.6. The fraction of sp³-hybridized carbons (Fsp3) is 0.786. The number of aliphatic hydroxyl groups is 4. The van der Waals surface area contributed by atoms with Gasteiger partial charge in [-0.25, -0.2) is 0 Å². The van der Waals surface area contributed by atoms with Crippen LogP contribution in [0.5, 0.6) is 0 Å². The Balaban J connectivity index is 2.46. The number of cyclic esters (lactones) is 1. The number of likely N-dealkylation sites (N-methyl/N-ethyl adjacent to an activating group) is 1. The van der Waals surface area contributed by atoms with Gasteiger partial charge in [-0.2, -0.15) is 0 Å². The first-order chi connectivity index (χ1) is 18.4. The molecule has 12 atom stereocenters. The largest absolute Gasteiger partial charge is 0.462 e. The van der Waals surface area contributed by atoms with Gasteiger partial charge in [-0.05, 0) is 46.2 Å². The van der Waals surface area contributed by atoms with Gasteiger partial charge in [0, 0.05) is 20.0 Å². The van der Waals surface area contributed by atoms with Crippen LogP contribution in [0.25, 0.3) is 0 Å². The molecule has 1 saturated heterocycles. The first kappa shape index (κ1) is 33.5. The van der Waals surface area contributed by atoms with E-state index in [0.29, 0.717) is 6.42 Å².